The lowest BCUT2D eigenvalue weighted by Crippen LogP contribution is -2.24. The van der Waals surface area contributed by atoms with Crippen molar-refractivity contribution in [3.8, 4) is 5.75 Å². The van der Waals surface area contributed by atoms with Gasteiger partial charge in [-0.15, -0.1) is 0 Å². The lowest BCUT2D eigenvalue weighted by molar-refractivity contribution is -0.117. The van der Waals surface area contributed by atoms with Gasteiger partial charge in [0, 0.05) is 13.0 Å². The Kier molecular flexibility index (Phi) is 5.39. The molecular formula is C21H26N2O4S. The first-order chi connectivity index (χ1) is 13.1. The third kappa shape index (κ3) is 4.14. The molecule has 0 unspecified atom stereocenters. The van der Waals surface area contributed by atoms with Gasteiger partial charge in [0.05, 0.1) is 23.4 Å². The highest BCUT2D eigenvalue weighted by molar-refractivity contribution is 7.92. The first-order valence-electron chi connectivity index (χ1n) is 9.23. The molecular weight excluding hydrogens is 376 g/mol. The summed E-state index contributed by atoms with van der Waals surface area (Å²) < 4.78 is 33.5. The first kappa shape index (κ1) is 20.2. The topological polar surface area (TPSA) is 75.7 Å². The Morgan fingerprint density at radius 2 is 1.75 bits per heavy atom. The molecule has 0 spiro atoms. The fraction of sp³-hybridized carbons (Fsp3) is 0.381. The van der Waals surface area contributed by atoms with Crippen LogP contribution in [0.15, 0.2) is 47.4 Å². The maximum atomic E-state index is 12.8. The molecule has 1 saturated heterocycles. The molecule has 0 aliphatic carbocycles. The highest BCUT2D eigenvalue weighted by Gasteiger charge is 2.25. The van der Waals surface area contributed by atoms with E-state index in [0.717, 1.165) is 12.0 Å². The monoisotopic (exact) mass is 402 g/mol. The normalized spacial score (nSPS) is 15.0. The molecule has 0 radical (unpaired) electrons. The van der Waals surface area contributed by atoms with Crippen LogP contribution in [-0.4, -0.2) is 28.0 Å². The van der Waals surface area contributed by atoms with Crippen LogP contribution in [-0.2, 0) is 20.2 Å². The molecule has 1 aliphatic rings. The zero-order chi connectivity index (χ0) is 20.5. The number of benzene rings is 2. The van der Waals surface area contributed by atoms with Crippen LogP contribution in [0.5, 0.6) is 5.75 Å². The largest absolute Gasteiger partial charge is 0.495 e. The van der Waals surface area contributed by atoms with Gasteiger partial charge in [0.2, 0.25) is 5.91 Å². The van der Waals surface area contributed by atoms with Crippen LogP contribution < -0.4 is 14.4 Å². The van der Waals surface area contributed by atoms with E-state index in [-0.39, 0.29) is 16.2 Å². The molecule has 1 amide bonds. The zero-order valence-corrected chi connectivity index (χ0v) is 17.5. The molecule has 0 bridgehead atoms. The molecule has 1 N–H and O–H groups in total. The van der Waals surface area contributed by atoms with E-state index in [1.807, 2.05) is 12.1 Å². The van der Waals surface area contributed by atoms with Crippen LogP contribution in [0.1, 0.15) is 39.2 Å². The molecule has 1 aliphatic heterocycles. The minimum Gasteiger partial charge on any atom is -0.495 e. The number of nitrogens with one attached hydrogen (secondary N) is 1. The number of amides is 1. The Bertz CT molecular complexity index is 976. The number of hydrogen-bond acceptors (Lipinski definition) is 4. The Hall–Kier alpha value is -2.54. The predicted molar refractivity (Wildman–Crippen MR) is 111 cm³/mol. The molecule has 7 heteroatoms. The van der Waals surface area contributed by atoms with E-state index in [9.17, 15) is 13.2 Å². The van der Waals surface area contributed by atoms with Crippen molar-refractivity contribution in [1.29, 1.82) is 0 Å². The van der Waals surface area contributed by atoms with E-state index in [0.29, 0.717) is 30.1 Å². The summed E-state index contributed by atoms with van der Waals surface area (Å²) in [5.74, 6) is 0.545. The zero-order valence-electron chi connectivity index (χ0n) is 16.7. The fourth-order valence-electron chi connectivity index (χ4n) is 3.22. The summed E-state index contributed by atoms with van der Waals surface area (Å²) in [5, 5.41) is 0. The lowest BCUT2D eigenvalue weighted by atomic mass is 9.87. The number of sulfonamides is 1. The number of carbonyl (C=O) groups is 1. The van der Waals surface area contributed by atoms with Crippen LogP contribution >= 0.6 is 0 Å². The standard InChI is InChI=1S/C21H26N2O4S/c1-21(2,3)15-7-10-17(11-8-15)28(25,26)22-16-9-12-19(27-4)18(14-16)23-13-5-6-20(23)24/h7-12,14,22H,5-6,13H2,1-4H3. The van der Waals surface area contributed by atoms with E-state index < -0.39 is 10.0 Å². The molecule has 2 aromatic rings. The lowest BCUT2D eigenvalue weighted by Gasteiger charge is -2.21. The van der Waals surface area contributed by atoms with Gasteiger partial charge in [0.15, 0.2) is 0 Å². The average Bonchev–Trinajstić information content (AvgIpc) is 3.06. The first-order valence-corrected chi connectivity index (χ1v) is 10.7. The van der Waals surface area contributed by atoms with Gasteiger partial charge in [-0.05, 0) is 47.7 Å². The number of ether oxygens (including phenoxy) is 1. The minimum absolute atomic E-state index is 0.0103. The van der Waals surface area contributed by atoms with Crippen molar-refractivity contribution in [2.75, 3.05) is 23.3 Å². The van der Waals surface area contributed by atoms with Crippen molar-refractivity contribution < 1.29 is 17.9 Å². The molecule has 28 heavy (non-hydrogen) atoms. The summed E-state index contributed by atoms with van der Waals surface area (Å²) in [5.41, 5.74) is 1.97. The van der Waals surface area contributed by atoms with Crippen molar-refractivity contribution in [3.05, 3.63) is 48.0 Å². The van der Waals surface area contributed by atoms with Crippen LogP contribution in [0.3, 0.4) is 0 Å². The molecule has 6 nitrogen and oxygen atoms in total. The Morgan fingerprint density at radius 1 is 1.07 bits per heavy atom. The predicted octanol–water partition coefficient (Wildman–Crippen LogP) is 3.92. The van der Waals surface area contributed by atoms with E-state index >= 15 is 0 Å². The van der Waals surface area contributed by atoms with Crippen LogP contribution in [0.4, 0.5) is 11.4 Å². The Balaban J connectivity index is 1.89. The van der Waals surface area contributed by atoms with Gasteiger partial charge >= 0.3 is 0 Å². The van der Waals surface area contributed by atoms with Gasteiger partial charge in [-0.25, -0.2) is 8.42 Å². The highest BCUT2D eigenvalue weighted by Crippen LogP contribution is 2.34. The van der Waals surface area contributed by atoms with Crippen molar-refractivity contribution in [3.63, 3.8) is 0 Å². The smallest absolute Gasteiger partial charge is 0.261 e. The number of nitrogens with zero attached hydrogens (tertiary/aromatic N) is 1. The van der Waals surface area contributed by atoms with Gasteiger partial charge in [-0.1, -0.05) is 32.9 Å². The van der Waals surface area contributed by atoms with E-state index in [1.54, 1.807) is 35.2 Å². The molecule has 150 valence electrons. The molecule has 2 aromatic carbocycles. The summed E-state index contributed by atoms with van der Waals surface area (Å²) in [6.07, 6.45) is 1.26. The van der Waals surface area contributed by atoms with E-state index in [2.05, 4.69) is 25.5 Å². The SMILES string of the molecule is COc1ccc(NS(=O)(=O)c2ccc(C(C)(C)C)cc2)cc1N1CCCC1=O. The number of anilines is 2. The second kappa shape index (κ2) is 7.47. The fourth-order valence-corrected chi connectivity index (χ4v) is 4.26. The van der Waals surface area contributed by atoms with Crippen molar-refractivity contribution >= 4 is 27.3 Å². The minimum atomic E-state index is -3.74. The maximum Gasteiger partial charge on any atom is 0.261 e. The van der Waals surface area contributed by atoms with Crippen molar-refractivity contribution in [1.82, 2.24) is 0 Å². The third-order valence-corrected chi connectivity index (χ3v) is 6.22. The summed E-state index contributed by atoms with van der Waals surface area (Å²) in [6, 6.07) is 11.8. The van der Waals surface area contributed by atoms with Gasteiger partial charge in [-0.2, -0.15) is 0 Å². The molecule has 0 aromatic heterocycles. The van der Waals surface area contributed by atoms with Gasteiger partial charge in [0.25, 0.3) is 10.0 Å². The van der Waals surface area contributed by atoms with Gasteiger partial charge in [-0.3, -0.25) is 9.52 Å². The number of carbonyl (C=O) groups excluding carboxylic acids is 1. The third-order valence-electron chi connectivity index (χ3n) is 4.83. The molecule has 3 rings (SSSR count). The Labute approximate surface area is 166 Å². The van der Waals surface area contributed by atoms with Gasteiger partial charge in [0.1, 0.15) is 5.75 Å². The molecule has 0 saturated carbocycles. The van der Waals surface area contributed by atoms with Crippen LogP contribution in [0.2, 0.25) is 0 Å². The maximum absolute atomic E-state index is 12.8. The van der Waals surface area contributed by atoms with E-state index in [4.69, 9.17) is 4.74 Å². The average molecular weight is 403 g/mol. The van der Waals surface area contributed by atoms with Crippen molar-refractivity contribution in [2.24, 2.45) is 0 Å². The molecule has 1 heterocycles. The summed E-state index contributed by atoms with van der Waals surface area (Å²) in [4.78, 5) is 13.9. The quantitative estimate of drug-likeness (QED) is 0.822. The van der Waals surface area contributed by atoms with Crippen LogP contribution in [0, 0.1) is 0 Å². The number of methoxy groups -OCH3 is 1. The molecule has 1 fully saturated rings. The second-order valence-electron chi connectivity index (χ2n) is 7.92. The van der Waals surface area contributed by atoms with Crippen LogP contribution in [0.25, 0.3) is 0 Å². The van der Waals surface area contributed by atoms with Gasteiger partial charge < -0.3 is 9.64 Å². The summed E-state index contributed by atoms with van der Waals surface area (Å²) in [6.45, 7) is 6.83. The number of hydrogen-bond donors (Lipinski definition) is 1. The number of rotatable bonds is 5. The molecule has 0 atom stereocenters. The second-order valence-corrected chi connectivity index (χ2v) is 9.60. The summed E-state index contributed by atoms with van der Waals surface area (Å²) in [7, 11) is -2.22. The Morgan fingerprint density at radius 3 is 2.29 bits per heavy atom. The highest BCUT2D eigenvalue weighted by atomic mass is 32.2. The van der Waals surface area contributed by atoms with Crippen molar-refractivity contribution in [2.45, 2.75) is 43.9 Å². The summed E-state index contributed by atoms with van der Waals surface area (Å²) >= 11 is 0. The van der Waals surface area contributed by atoms with E-state index in [1.165, 1.54) is 7.11 Å².